The lowest BCUT2D eigenvalue weighted by molar-refractivity contribution is -0.181. The second-order valence-corrected chi connectivity index (χ2v) is 7.43. The quantitative estimate of drug-likeness (QED) is 0.590. The summed E-state index contributed by atoms with van der Waals surface area (Å²) in [6.45, 7) is 0.314. The SMILES string of the molecule is NC(=O)[C@H](CCc1ccccc1)N[C@H]1CCC(=O)N2CCC[C@@H](C(=O)O)N2C1=O. The smallest absolute Gasteiger partial charge is 0.328 e. The lowest BCUT2D eigenvalue weighted by Crippen LogP contribution is -2.63. The van der Waals surface area contributed by atoms with Crippen LogP contribution < -0.4 is 11.1 Å². The van der Waals surface area contributed by atoms with E-state index in [2.05, 4.69) is 5.32 Å². The molecule has 3 rings (SSSR count). The zero-order chi connectivity index (χ0) is 21.0. The third-order valence-electron chi connectivity index (χ3n) is 5.46. The molecule has 2 fully saturated rings. The van der Waals surface area contributed by atoms with E-state index in [4.69, 9.17) is 5.73 Å². The van der Waals surface area contributed by atoms with Gasteiger partial charge in [-0.1, -0.05) is 30.3 Å². The van der Waals surface area contributed by atoms with Gasteiger partial charge in [0.15, 0.2) is 6.04 Å². The molecule has 0 spiro atoms. The molecule has 2 saturated heterocycles. The molecule has 1 aromatic carbocycles. The Morgan fingerprint density at radius 1 is 1.21 bits per heavy atom. The highest BCUT2D eigenvalue weighted by molar-refractivity contribution is 5.92. The van der Waals surface area contributed by atoms with Crippen LogP contribution in [0.4, 0.5) is 0 Å². The van der Waals surface area contributed by atoms with Gasteiger partial charge in [0.1, 0.15) is 0 Å². The molecule has 9 heteroatoms. The number of hydrogen-bond donors (Lipinski definition) is 3. The molecule has 0 aliphatic carbocycles. The van der Waals surface area contributed by atoms with Crippen molar-refractivity contribution >= 4 is 23.7 Å². The minimum Gasteiger partial charge on any atom is -0.480 e. The van der Waals surface area contributed by atoms with Crippen LogP contribution in [0, 0.1) is 0 Å². The van der Waals surface area contributed by atoms with E-state index in [-0.39, 0.29) is 25.2 Å². The van der Waals surface area contributed by atoms with Crippen molar-refractivity contribution in [2.75, 3.05) is 6.54 Å². The van der Waals surface area contributed by atoms with Crippen LogP contribution in [0.3, 0.4) is 0 Å². The number of carbonyl (C=O) groups is 4. The van der Waals surface area contributed by atoms with Crippen LogP contribution in [0.1, 0.15) is 37.7 Å². The molecule has 0 unspecified atom stereocenters. The molecule has 0 aromatic heterocycles. The first-order chi connectivity index (χ1) is 13.9. The minimum absolute atomic E-state index is 0.0937. The Balaban J connectivity index is 1.75. The van der Waals surface area contributed by atoms with E-state index in [1.54, 1.807) is 0 Å². The summed E-state index contributed by atoms with van der Waals surface area (Å²) in [4.78, 5) is 49.2. The Morgan fingerprint density at radius 3 is 2.59 bits per heavy atom. The van der Waals surface area contributed by atoms with Gasteiger partial charge in [-0.2, -0.15) is 0 Å². The third-order valence-corrected chi connectivity index (χ3v) is 5.46. The lowest BCUT2D eigenvalue weighted by atomic mass is 10.0. The molecule has 1 aromatic rings. The minimum atomic E-state index is -1.15. The van der Waals surface area contributed by atoms with E-state index in [0.29, 0.717) is 25.8 Å². The summed E-state index contributed by atoms with van der Waals surface area (Å²) in [5.41, 5.74) is 6.58. The van der Waals surface area contributed by atoms with Crippen LogP contribution >= 0.6 is 0 Å². The zero-order valence-corrected chi connectivity index (χ0v) is 16.1. The standard InChI is InChI=1S/C20H26N4O5/c21-18(26)14(9-8-13-5-2-1-3-6-13)22-15-10-11-17(25)23-12-4-7-16(20(28)29)24(23)19(15)27/h1-3,5-6,14-16,22H,4,7-12H2,(H2,21,26)(H,28,29)/t14-,15-,16-/m0/s1. The predicted octanol–water partition coefficient (Wildman–Crippen LogP) is 0.0443. The van der Waals surface area contributed by atoms with E-state index in [1.165, 1.54) is 5.01 Å². The first-order valence-electron chi connectivity index (χ1n) is 9.84. The van der Waals surface area contributed by atoms with Gasteiger partial charge in [0.05, 0.1) is 12.1 Å². The van der Waals surface area contributed by atoms with Gasteiger partial charge < -0.3 is 10.8 Å². The summed E-state index contributed by atoms with van der Waals surface area (Å²) in [5.74, 6) is -2.52. The molecule has 2 aliphatic heterocycles. The van der Waals surface area contributed by atoms with Crippen molar-refractivity contribution in [2.45, 2.75) is 56.7 Å². The average molecular weight is 402 g/mol. The van der Waals surface area contributed by atoms with E-state index in [9.17, 15) is 24.3 Å². The van der Waals surface area contributed by atoms with Gasteiger partial charge in [-0.25, -0.2) is 9.80 Å². The maximum absolute atomic E-state index is 13.1. The Bertz CT molecular complexity index is 784. The van der Waals surface area contributed by atoms with Gasteiger partial charge >= 0.3 is 5.97 Å². The molecule has 29 heavy (non-hydrogen) atoms. The molecule has 2 heterocycles. The number of aryl methyl sites for hydroxylation is 1. The fourth-order valence-electron chi connectivity index (χ4n) is 3.92. The number of fused-ring (bicyclic) bond motifs is 1. The van der Waals surface area contributed by atoms with Gasteiger partial charge in [0, 0.05) is 13.0 Å². The second kappa shape index (κ2) is 9.04. The van der Waals surface area contributed by atoms with Crippen LogP contribution in [0.5, 0.6) is 0 Å². The number of benzene rings is 1. The molecular formula is C20H26N4O5. The number of amides is 3. The normalized spacial score (nSPS) is 23.3. The summed E-state index contributed by atoms with van der Waals surface area (Å²) in [6, 6.07) is 6.89. The number of aliphatic carboxylic acids is 1. The largest absolute Gasteiger partial charge is 0.480 e. The number of nitrogens with one attached hydrogen (secondary N) is 1. The number of nitrogens with two attached hydrogens (primary N) is 1. The van der Waals surface area contributed by atoms with Crippen molar-refractivity contribution < 1.29 is 24.3 Å². The summed E-state index contributed by atoms with van der Waals surface area (Å²) in [6.07, 6.45) is 2.07. The molecule has 3 amide bonds. The number of nitrogens with zero attached hydrogens (tertiary/aromatic N) is 2. The number of carboxylic acids is 1. The monoisotopic (exact) mass is 402 g/mol. The Morgan fingerprint density at radius 2 is 1.93 bits per heavy atom. The summed E-state index contributed by atoms with van der Waals surface area (Å²) in [7, 11) is 0. The molecule has 3 atom stereocenters. The van der Waals surface area contributed by atoms with Crippen molar-refractivity contribution in [1.82, 2.24) is 15.3 Å². The van der Waals surface area contributed by atoms with Gasteiger partial charge in [0.25, 0.3) is 5.91 Å². The predicted molar refractivity (Wildman–Crippen MR) is 103 cm³/mol. The number of rotatable bonds is 7. The first-order valence-corrected chi connectivity index (χ1v) is 9.84. The van der Waals surface area contributed by atoms with Crippen LogP contribution in [0.2, 0.25) is 0 Å². The maximum atomic E-state index is 13.1. The zero-order valence-electron chi connectivity index (χ0n) is 16.1. The van der Waals surface area contributed by atoms with E-state index >= 15 is 0 Å². The number of carbonyl (C=O) groups excluding carboxylic acids is 3. The van der Waals surface area contributed by atoms with E-state index < -0.39 is 35.9 Å². The Kier molecular flexibility index (Phi) is 6.48. The van der Waals surface area contributed by atoms with Crippen molar-refractivity contribution in [3.63, 3.8) is 0 Å². The van der Waals surface area contributed by atoms with Crippen molar-refractivity contribution in [3.05, 3.63) is 35.9 Å². The van der Waals surface area contributed by atoms with Crippen molar-refractivity contribution in [1.29, 1.82) is 0 Å². The summed E-state index contributed by atoms with van der Waals surface area (Å²) < 4.78 is 0. The van der Waals surface area contributed by atoms with Crippen LogP contribution in [0.25, 0.3) is 0 Å². The second-order valence-electron chi connectivity index (χ2n) is 7.43. The first kappa shape index (κ1) is 20.8. The number of hydrogen-bond acceptors (Lipinski definition) is 5. The molecule has 0 saturated carbocycles. The number of hydrazine groups is 1. The fraction of sp³-hybridized carbons (Fsp3) is 0.500. The lowest BCUT2D eigenvalue weighted by Gasteiger charge is -2.42. The molecule has 0 bridgehead atoms. The Labute approximate surface area is 168 Å². The van der Waals surface area contributed by atoms with E-state index in [0.717, 1.165) is 10.6 Å². The van der Waals surface area contributed by atoms with Gasteiger partial charge in [-0.3, -0.25) is 24.7 Å². The van der Waals surface area contributed by atoms with Crippen LogP contribution in [0.15, 0.2) is 30.3 Å². The number of carboxylic acid groups (broad SMARTS) is 1. The highest BCUT2D eigenvalue weighted by Crippen LogP contribution is 2.25. The average Bonchev–Trinajstić information content (AvgIpc) is 2.83. The molecule has 2 aliphatic rings. The molecular weight excluding hydrogens is 376 g/mol. The third kappa shape index (κ3) is 4.73. The van der Waals surface area contributed by atoms with Crippen LogP contribution in [-0.4, -0.2) is 63.5 Å². The highest BCUT2D eigenvalue weighted by atomic mass is 16.4. The molecule has 4 N–H and O–H groups in total. The van der Waals surface area contributed by atoms with Gasteiger partial charge in [0.2, 0.25) is 11.8 Å². The van der Waals surface area contributed by atoms with Gasteiger partial charge in [-0.05, 0) is 37.7 Å². The molecule has 0 radical (unpaired) electrons. The van der Waals surface area contributed by atoms with E-state index in [1.807, 2.05) is 30.3 Å². The van der Waals surface area contributed by atoms with Gasteiger partial charge in [-0.15, -0.1) is 0 Å². The van der Waals surface area contributed by atoms with Crippen molar-refractivity contribution in [2.24, 2.45) is 5.73 Å². The fourth-order valence-corrected chi connectivity index (χ4v) is 3.92. The molecule has 9 nitrogen and oxygen atoms in total. The maximum Gasteiger partial charge on any atom is 0.328 e. The highest BCUT2D eigenvalue weighted by Gasteiger charge is 2.44. The summed E-state index contributed by atoms with van der Waals surface area (Å²) >= 11 is 0. The molecule has 156 valence electrons. The number of primary amides is 1. The van der Waals surface area contributed by atoms with Crippen LogP contribution in [-0.2, 0) is 25.6 Å². The summed E-state index contributed by atoms with van der Waals surface area (Å²) in [5, 5.41) is 14.8. The topological polar surface area (TPSA) is 133 Å². The van der Waals surface area contributed by atoms with Crippen molar-refractivity contribution in [3.8, 4) is 0 Å². The Hall–Kier alpha value is -2.94.